The number of rotatable bonds is 10. The molecule has 37 heavy (non-hydrogen) atoms. The van der Waals surface area contributed by atoms with Crippen LogP contribution in [-0.2, 0) is 14.9 Å². The van der Waals surface area contributed by atoms with Crippen LogP contribution in [0.5, 0.6) is 0 Å². The van der Waals surface area contributed by atoms with Gasteiger partial charge in [-0.1, -0.05) is 44.7 Å². The maximum absolute atomic E-state index is 13.9. The van der Waals surface area contributed by atoms with Gasteiger partial charge in [0.1, 0.15) is 0 Å². The molecule has 1 unspecified atom stereocenters. The molecule has 0 aliphatic heterocycles. The number of anilines is 2. The first-order valence-electron chi connectivity index (χ1n) is 12.7. The van der Waals surface area contributed by atoms with E-state index in [9.17, 15) is 14.4 Å². The molecule has 2 aromatic heterocycles. The van der Waals surface area contributed by atoms with Crippen LogP contribution in [0.3, 0.4) is 0 Å². The molecule has 2 amide bonds. The van der Waals surface area contributed by atoms with Crippen LogP contribution in [0.2, 0.25) is 0 Å². The second-order valence-electron chi connectivity index (χ2n) is 9.28. The monoisotopic (exact) mass is 520 g/mol. The quantitative estimate of drug-likeness (QED) is 0.325. The predicted molar refractivity (Wildman–Crippen MR) is 144 cm³/mol. The van der Waals surface area contributed by atoms with Crippen molar-refractivity contribution in [1.82, 2.24) is 9.97 Å². The van der Waals surface area contributed by atoms with E-state index in [4.69, 9.17) is 4.74 Å². The summed E-state index contributed by atoms with van der Waals surface area (Å²) in [6.07, 6.45) is 9.05. The highest BCUT2D eigenvalue weighted by molar-refractivity contribution is 7.14. The van der Waals surface area contributed by atoms with Crippen molar-refractivity contribution in [3.05, 3.63) is 71.0 Å². The standard InChI is InChI=1S/C28H32N4O4S/c1-3-28(16-19-8-5-6-9-19,26(35)32-27-31-23(18-37-27)25(34)36-4-2)21-11-13-22(14-12-21)30-24(33)20-10-7-15-29-17-20/h7,10-15,17-19H,3-6,8-9,16H2,1-2H3,(H,30,33)(H,31,32,35). The van der Waals surface area contributed by atoms with Crippen molar-refractivity contribution < 1.29 is 19.1 Å². The van der Waals surface area contributed by atoms with E-state index in [1.165, 1.54) is 30.4 Å². The smallest absolute Gasteiger partial charge is 0.357 e. The van der Waals surface area contributed by atoms with Gasteiger partial charge in [0, 0.05) is 23.5 Å². The van der Waals surface area contributed by atoms with Gasteiger partial charge in [-0.3, -0.25) is 14.6 Å². The summed E-state index contributed by atoms with van der Waals surface area (Å²) in [7, 11) is 0. The Morgan fingerprint density at radius 3 is 2.49 bits per heavy atom. The lowest BCUT2D eigenvalue weighted by molar-refractivity contribution is -0.122. The molecule has 8 nitrogen and oxygen atoms in total. The second-order valence-corrected chi connectivity index (χ2v) is 10.1. The van der Waals surface area contributed by atoms with E-state index in [0.29, 0.717) is 28.7 Å². The van der Waals surface area contributed by atoms with Crippen LogP contribution in [0.25, 0.3) is 0 Å². The summed E-state index contributed by atoms with van der Waals surface area (Å²) in [6.45, 7) is 4.02. The topological polar surface area (TPSA) is 110 Å². The summed E-state index contributed by atoms with van der Waals surface area (Å²) < 4.78 is 5.02. The second kappa shape index (κ2) is 12.1. The van der Waals surface area contributed by atoms with E-state index in [1.54, 1.807) is 30.6 Å². The van der Waals surface area contributed by atoms with Gasteiger partial charge in [-0.25, -0.2) is 9.78 Å². The maximum Gasteiger partial charge on any atom is 0.357 e. The van der Waals surface area contributed by atoms with Crippen LogP contribution in [0.4, 0.5) is 10.8 Å². The average Bonchev–Trinajstić information content (AvgIpc) is 3.61. The fourth-order valence-corrected chi connectivity index (χ4v) is 5.65. The third-order valence-electron chi connectivity index (χ3n) is 6.98. The van der Waals surface area contributed by atoms with Gasteiger partial charge in [0.2, 0.25) is 5.91 Å². The van der Waals surface area contributed by atoms with Crippen LogP contribution in [0.1, 0.15) is 78.8 Å². The molecule has 1 aromatic carbocycles. The summed E-state index contributed by atoms with van der Waals surface area (Å²) in [5, 5.41) is 7.83. The Balaban J connectivity index is 1.57. The summed E-state index contributed by atoms with van der Waals surface area (Å²) in [5.74, 6) is -0.427. The highest BCUT2D eigenvalue weighted by Crippen LogP contribution is 2.41. The molecular weight excluding hydrogens is 488 g/mol. The number of carbonyl (C=O) groups excluding carboxylic acids is 3. The van der Waals surface area contributed by atoms with E-state index < -0.39 is 11.4 Å². The Bertz CT molecular complexity index is 1220. The number of hydrogen-bond donors (Lipinski definition) is 2. The summed E-state index contributed by atoms with van der Waals surface area (Å²) in [4.78, 5) is 46.7. The molecule has 194 valence electrons. The molecule has 9 heteroatoms. The molecule has 1 aliphatic carbocycles. The first-order valence-corrected chi connectivity index (χ1v) is 13.6. The van der Waals surface area contributed by atoms with Crippen molar-refractivity contribution in [3.8, 4) is 0 Å². The lowest BCUT2D eigenvalue weighted by atomic mass is 9.70. The van der Waals surface area contributed by atoms with Crippen LogP contribution < -0.4 is 10.6 Å². The molecule has 3 aromatic rings. The Morgan fingerprint density at radius 2 is 1.84 bits per heavy atom. The minimum atomic E-state index is -0.767. The molecule has 1 saturated carbocycles. The Hall–Kier alpha value is -3.59. The van der Waals surface area contributed by atoms with Crippen molar-refractivity contribution in [2.75, 3.05) is 17.2 Å². The maximum atomic E-state index is 13.9. The Morgan fingerprint density at radius 1 is 1.08 bits per heavy atom. The van der Waals surface area contributed by atoms with E-state index in [-0.39, 0.29) is 24.1 Å². The number of esters is 1. The van der Waals surface area contributed by atoms with Gasteiger partial charge in [-0.2, -0.15) is 0 Å². The number of carbonyl (C=O) groups is 3. The summed E-state index contributed by atoms with van der Waals surface area (Å²) in [5.41, 5.74) is 1.43. The first kappa shape index (κ1) is 26.5. The van der Waals surface area contributed by atoms with Gasteiger partial charge < -0.3 is 15.4 Å². The zero-order valence-corrected chi connectivity index (χ0v) is 22.0. The molecule has 0 bridgehead atoms. The number of hydrogen-bond acceptors (Lipinski definition) is 7. The molecule has 1 atom stereocenters. The number of ether oxygens (including phenoxy) is 1. The van der Waals surface area contributed by atoms with Gasteiger partial charge in [-0.05, 0) is 55.5 Å². The van der Waals surface area contributed by atoms with E-state index >= 15 is 0 Å². The van der Waals surface area contributed by atoms with Crippen molar-refractivity contribution in [2.24, 2.45) is 5.92 Å². The normalized spacial score (nSPS) is 15.1. The molecule has 1 fully saturated rings. The van der Waals surface area contributed by atoms with Gasteiger partial charge in [0.15, 0.2) is 10.8 Å². The molecule has 2 N–H and O–H groups in total. The minimum Gasteiger partial charge on any atom is -0.461 e. The largest absolute Gasteiger partial charge is 0.461 e. The lowest BCUT2D eigenvalue weighted by Crippen LogP contribution is -2.41. The van der Waals surface area contributed by atoms with Gasteiger partial charge in [-0.15, -0.1) is 11.3 Å². The highest BCUT2D eigenvalue weighted by Gasteiger charge is 2.41. The average molecular weight is 521 g/mol. The van der Waals surface area contributed by atoms with Gasteiger partial charge in [0.25, 0.3) is 5.91 Å². The minimum absolute atomic E-state index is 0.140. The number of benzene rings is 1. The van der Waals surface area contributed by atoms with Crippen LogP contribution in [0.15, 0.2) is 54.2 Å². The van der Waals surface area contributed by atoms with Gasteiger partial charge in [0.05, 0.1) is 17.6 Å². The van der Waals surface area contributed by atoms with Crippen molar-refractivity contribution in [1.29, 1.82) is 0 Å². The number of nitrogens with one attached hydrogen (secondary N) is 2. The zero-order valence-electron chi connectivity index (χ0n) is 21.2. The van der Waals surface area contributed by atoms with Crippen molar-refractivity contribution in [3.63, 3.8) is 0 Å². The number of aromatic nitrogens is 2. The van der Waals surface area contributed by atoms with Gasteiger partial charge >= 0.3 is 5.97 Å². The first-order chi connectivity index (χ1) is 17.9. The third kappa shape index (κ3) is 6.22. The molecule has 0 spiro atoms. The zero-order chi connectivity index (χ0) is 26.3. The fraction of sp³-hybridized carbons (Fsp3) is 0.393. The van der Waals surface area contributed by atoms with E-state index in [1.807, 2.05) is 31.2 Å². The SMILES string of the molecule is CCOC(=O)c1csc(NC(=O)C(CC)(CC2CCCC2)c2ccc(NC(=O)c3cccnc3)cc2)n1. The van der Waals surface area contributed by atoms with E-state index in [0.717, 1.165) is 24.8 Å². The van der Waals surface area contributed by atoms with Crippen LogP contribution >= 0.6 is 11.3 Å². The summed E-state index contributed by atoms with van der Waals surface area (Å²) >= 11 is 1.21. The fourth-order valence-electron chi connectivity index (χ4n) is 4.98. The number of pyridine rings is 1. The van der Waals surface area contributed by atoms with E-state index in [2.05, 4.69) is 20.6 Å². The molecular formula is C28H32N4O4S. The lowest BCUT2D eigenvalue weighted by Gasteiger charge is -2.34. The number of thiazole rings is 1. The Labute approximate surface area is 220 Å². The van der Waals surface area contributed by atoms with Crippen molar-refractivity contribution >= 4 is 39.9 Å². The summed E-state index contributed by atoms with van der Waals surface area (Å²) in [6, 6.07) is 10.9. The third-order valence-corrected chi connectivity index (χ3v) is 7.74. The molecule has 4 rings (SSSR count). The predicted octanol–water partition coefficient (Wildman–Crippen LogP) is 5.83. The molecule has 1 aliphatic rings. The highest BCUT2D eigenvalue weighted by atomic mass is 32.1. The van der Waals surface area contributed by atoms with Crippen LogP contribution in [0, 0.1) is 5.92 Å². The molecule has 0 saturated heterocycles. The number of amides is 2. The molecule has 0 radical (unpaired) electrons. The Kier molecular flexibility index (Phi) is 8.66. The van der Waals surface area contributed by atoms with Crippen molar-refractivity contribution in [2.45, 2.75) is 57.8 Å². The number of nitrogens with zero attached hydrogens (tertiary/aromatic N) is 2. The molecule has 2 heterocycles. The van der Waals surface area contributed by atoms with Crippen LogP contribution in [-0.4, -0.2) is 34.4 Å².